The first-order valence-corrected chi connectivity index (χ1v) is 10.2. The first-order valence-electron chi connectivity index (χ1n) is 10.2. The molecule has 1 N–H and O–H groups in total. The van der Waals surface area contributed by atoms with Gasteiger partial charge >= 0.3 is 0 Å². The molecule has 0 saturated carbocycles. The summed E-state index contributed by atoms with van der Waals surface area (Å²) < 4.78 is 13.1. The highest BCUT2D eigenvalue weighted by molar-refractivity contribution is 5.79. The molecule has 28 heavy (non-hydrogen) atoms. The predicted molar refractivity (Wildman–Crippen MR) is 106 cm³/mol. The second-order valence-corrected chi connectivity index (χ2v) is 7.50. The Morgan fingerprint density at radius 3 is 2.71 bits per heavy atom. The van der Waals surface area contributed by atoms with E-state index in [-0.39, 0.29) is 23.2 Å². The third kappa shape index (κ3) is 4.66. The number of hydrogen-bond donors (Lipinski definition) is 1. The molecule has 0 saturated heterocycles. The average molecular weight is 385 g/mol. The van der Waals surface area contributed by atoms with E-state index in [0.29, 0.717) is 37.3 Å². The summed E-state index contributed by atoms with van der Waals surface area (Å²) in [5, 5.41) is 0. The predicted octanol–water partition coefficient (Wildman–Crippen LogP) is 3.60. The van der Waals surface area contributed by atoms with Crippen molar-refractivity contribution in [3.05, 3.63) is 63.1 Å². The molecule has 0 radical (unpaired) electrons. The fraction of sp³-hybridized carbons (Fsp3) is 0.500. The number of amides is 1. The van der Waals surface area contributed by atoms with Gasteiger partial charge in [-0.2, -0.15) is 0 Å². The lowest BCUT2D eigenvalue weighted by Gasteiger charge is -2.31. The average Bonchev–Trinajstić information content (AvgIpc) is 2.70. The summed E-state index contributed by atoms with van der Waals surface area (Å²) in [6.07, 6.45) is 4.89. The summed E-state index contributed by atoms with van der Waals surface area (Å²) in [6.45, 7) is 5.10. The minimum absolute atomic E-state index is 0.0336. The first-order chi connectivity index (χ1) is 13.5. The van der Waals surface area contributed by atoms with Gasteiger partial charge in [0.2, 0.25) is 5.91 Å². The summed E-state index contributed by atoms with van der Waals surface area (Å²) in [4.78, 5) is 34.7. The van der Waals surface area contributed by atoms with Crippen LogP contribution in [-0.4, -0.2) is 27.3 Å². The summed E-state index contributed by atoms with van der Waals surface area (Å²) in [5.41, 5.74) is 2.07. The minimum atomic E-state index is -0.287. The Kier molecular flexibility index (Phi) is 6.60. The molecule has 1 atom stereocenters. The standard InChI is InChI=1S/C22H28FN3O2/c1-3-5-6-16(4-2)22(28)26-12-11-19-18(14-26)21(27)25-20(24-19)13-15-7-9-17(23)10-8-15/h7-10,16H,3-6,11-14H2,1-2H3,(H,24,25,27)/t16-/m1/s1. The highest BCUT2D eigenvalue weighted by Gasteiger charge is 2.28. The Balaban J connectivity index is 1.74. The van der Waals surface area contributed by atoms with Gasteiger partial charge in [0.15, 0.2) is 0 Å². The van der Waals surface area contributed by atoms with Crippen LogP contribution >= 0.6 is 0 Å². The number of halogens is 1. The number of benzene rings is 1. The largest absolute Gasteiger partial charge is 0.337 e. The van der Waals surface area contributed by atoms with E-state index in [9.17, 15) is 14.0 Å². The number of H-pyrrole nitrogens is 1. The van der Waals surface area contributed by atoms with Gasteiger partial charge in [0.05, 0.1) is 17.8 Å². The van der Waals surface area contributed by atoms with Crippen molar-refractivity contribution in [2.45, 2.75) is 58.9 Å². The van der Waals surface area contributed by atoms with Crippen LogP contribution in [0.4, 0.5) is 4.39 Å². The van der Waals surface area contributed by atoms with Crippen LogP contribution in [0.25, 0.3) is 0 Å². The highest BCUT2D eigenvalue weighted by atomic mass is 19.1. The number of nitrogens with zero attached hydrogens (tertiary/aromatic N) is 2. The monoisotopic (exact) mass is 385 g/mol. The molecule has 2 heterocycles. The van der Waals surface area contributed by atoms with Crippen LogP contribution in [0.5, 0.6) is 0 Å². The number of carbonyl (C=O) groups is 1. The lowest BCUT2D eigenvalue weighted by molar-refractivity contribution is -0.136. The Bertz CT molecular complexity index is 876. The maximum atomic E-state index is 13.1. The smallest absolute Gasteiger partial charge is 0.256 e. The van der Waals surface area contributed by atoms with Crippen LogP contribution in [0.15, 0.2) is 29.1 Å². The number of aromatic nitrogens is 2. The molecular formula is C22H28FN3O2. The molecule has 3 rings (SSSR count). The van der Waals surface area contributed by atoms with Gasteiger partial charge in [-0.1, -0.05) is 38.8 Å². The van der Waals surface area contributed by atoms with Gasteiger partial charge in [-0.3, -0.25) is 9.59 Å². The zero-order valence-corrected chi connectivity index (χ0v) is 16.6. The van der Waals surface area contributed by atoms with Crippen LogP contribution in [0.3, 0.4) is 0 Å². The third-order valence-corrected chi connectivity index (χ3v) is 5.46. The van der Waals surface area contributed by atoms with Crippen molar-refractivity contribution in [2.24, 2.45) is 5.92 Å². The van der Waals surface area contributed by atoms with E-state index in [1.54, 1.807) is 12.1 Å². The summed E-state index contributed by atoms with van der Waals surface area (Å²) in [6, 6.07) is 6.18. The summed E-state index contributed by atoms with van der Waals surface area (Å²) in [7, 11) is 0. The van der Waals surface area contributed by atoms with Crippen molar-refractivity contribution in [1.29, 1.82) is 0 Å². The van der Waals surface area contributed by atoms with Crippen molar-refractivity contribution in [3.8, 4) is 0 Å². The van der Waals surface area contributed by atoms with Gasteiger partial charge < -0.3 is 9.88 Å². The Labute approximate surface area is 165 Å². The topological polar surface area (TPSA) is 66.1 Å². The maximum absolute atomic E-state index is 13.1. The zero-order valence-electron chi connectivity index (χ0n) is 16.6. The SMILES string of the molecule is CCCC[C@@H](CC)C(=O)N1CCc2nc(Cc3ccc(F)cc3)[nH]c(=O)c2C1. The Morgan fingerprint density at radius 2 is 2.04 bits per heavy atom. The number of aromatic amines is 1. The Morgan fingerprint density at radius 1 is 1.29 bits per heavy atom. The number of rotatable bonds is 7. The van der Waals surface area contributed by atoms with Gasteiger partial charge in [0, 0.05) is 25.3 Å². The van der Waals surface area contributed by atoms with Crippen LogP contribution in [0.2, 0.25) is 0 Å². The molecule has 0 spiro atoms. The second-order valence-electron chi connectivity index (χ2n) is 7.50. The summed E-state index contributed by atoms with van der Waals surface area (Å²) in [5.74, 6) is 0.469. The Hall–Kier alpha value is -2.50. The van der Waals surface area contributed by atoms with Crippen molar-refractivity contribution in [1.82, 2.24) is 14.9 Å². The van der Waals surface area contributed by atoms with E-state index in [0.717, 1.165) is 36.9 Å². The van der Waals surface area contributed by atoms with Crippen LogP contribution in [-0.2, 0) is 24.2 Å². The maximum Gasteiger partial charge on any atom is 0.256 e. The molecule has 150 valence electrons. The molecule has 1 aromatic heterocycles. The molecule has 1 aliphatic rings. The van der Waals surface area contributed by atoms with Crippen molar-refractivity contribution >= 4 is 5.91 Å². The number of fused-ring (bicyclic) bond motifs is 1. The summed E-state index contributed by atoms with van der Waals surface area (Å²) >= 11 is 0. The normalized spacial score (nSPS) is 14.6. The molecular weight excluding hydrogens is 357 g/mol. The molecule has 0 bridgehead atoms. The van der Waals surface area contributed by atoms with E-state index in [1.165, 1.54) is 12.1 Å². The molecule has 1 aliphatic heterocycles. The van der Waals surface area contributed by atoms with E-state index in [4.69, 9.17) is 0 Å². The molecule has 1 aromatic carbocycles. The van der Waals surface area contributed by atoms with Crippen LogP contribution in [0, 0.1) is 11.7 Å². The molecule has 0 fully saturated rings. The van der Waals surface area contributed by atoms with Crippen molar-refractivity contribution in [3.63, 3.8) is 0 Å². The third-order valence-electron chi connectivity index (χ3n) is 5.46. The highest BCUT2D eigenvalue weighted by Crippen LogP contribution is 2.21. The van der Waals surface area contributed by atoms with Crippen LogP contribution in [0.1, 0.15) is 62.2 Å². The fourth-order valence-corrected chi connectivity index (χ4v) is 3.75. The number of unbranched alkanes of at least 4 members (excludes halogenated alkanes) is 1. The van der Waals surface area contributed by atoms with E-state index in [1.807, 2.05) is 11.8 Å². The van der Waals surface area contributed by atoms with Gasteiger partial charge in [-0.05, 0) is 30.5 Å². The van der Waals surface area contributed by atoms with Gasteiger partial charge in [0.25, 0.3) is 5.56 Å². The molecule has 1 amide bonds. The molecule has 6 heteroatoms. The molecule has 0 unspecified atom stereocenters. The van der Waals surface area contributed by atoms with Crippen molar-refractivity contribution in [2.75, 3.05) is 6.54 Å². The molecule has 2 aromatic rings. The fourth-order valence-electron chi connectivity index (χ4n) is 3.75. The minimum Gasteiger partial charge on any atom is -0.337 e. The first kappa shape index (κ1) is 20.2. The second kappa shape index (κ2) is 9.13. The number of hydrogen-bond acceptors (Lipinski definition) is 3. The van der Waals surface area contributed by atoms with E-state index >= 15 is 0 Å². The van der Waals surface area contributed by atoms with Crippen molar-refractivity contribution < 1.29 is 9.18 Å². The van der Waals surface area contributed by atoms with Gasteiger partial charge in [-0.15, -0.1) is 0 Å². The quantitative estimate of drug-likeness (QED) is 0.792. The molecule has 5 nitrogen and oxygen atoms in total. The number of nitrogens with one attached hydrogen (secondary N) is 1. The zero-order chi connectivity index (χ0) is 20.1. The van der Waals surface area contributed by atoms with Crippen LogP contribution < -0.4 is 5.56 Å². The van der Waals surface area contributed by atoms with Gasteiger partial charge in [-0.25, -0.2) is 9.37 Å². The van der Waals surface area contributed by atoms with E-state index < -0.39 is 0 Å². The lowest BCUT2D eigenvalue weighted by atomic mass is 9.96. The van der Waals surface area contributed by atoms with E-state index in [2.05, 4.69) is 16.9 Å². The molecule has 0 aliphatic carbocycles. The number of carbonyl (C=O) groups excluding carboxylic acids is 1. The van der Waals surface area contributed by atoms with Gasteiger partial charge in [0.1, 0.15) is 11.6 Å². The lowest BCUT2D eigenvalue weighted by Crippen LogP contribution is -2.42.